The predicted molar refractivity (Wildman–Crippen MR) is 265 cm³/mol. The molecule has 0 N–H and O–H groups in total. The Morgan fingerprint density at radius 1 is 0.323 bits per heavy atom. The van der Waals surface area contributed by atoms with Crippen LogP contribution in [-0.4, -0.2) is 19.5 Å². The third kappa shape index (κ3) is 5.44. The van der Waals surface area contributed by atoms with E-state index < -0.39 is 0 Å². The van der Waals surface area contributed by atoms with Crippen molar-refractivity contribution in [3.8, 4) is 51.0 Å². The highest BCUT2D eigenvalue weighted by Gasteiger charge is 2.24. The standard InChI is InChI=1S/C59H34N4O2/c1-2-15-35(16-3-1)57-60-58(62-59(61-57)45-24-14-28-52-54(45)43-22-9-12-26-50(43)64-52)42-30-29-39(63-48-25-11-8-21-41(48)46-31-36-17-4-5-18-37(36)32-49(46)63)34-47(42)55-40-20-7-6-19-38(40)33-53-56(55)44-23-10-13-27-51(44)65-53/h1-34H. The van der Waals surface area contributed by atoms with Gasteiger partial charge in [0, 0.05) is 60.3 Å². The summed E-state index contributed by atoms with van der Waals surface area (Å²) < 4.78 is 15.5. The van der Waals surface area contributed by atoms with Gasteiger partial charge >= 0.3 is 0 Å². The third-order valence-corrected chi connectivity index (χ3v) is 13.0. The Morgan fingerprint density at radius 3 is 1.72 bits per heavy atom. The van der Waals surface area contributed by atoms with Crippen LogP contribution in [0, 0.1) is 0 Å². The molecule has 0 aliphatic rings. The summed E-state index contributed by atoms with van der Waals surface area (Å²) in [5.41, 5.74) is 11.2. The Hall–Kier alpha value is -8.87. The normalized spacial score (nSPS) is 12.0. The lowest BCUT2D eigenvalue weighted by atomic mass is 9.90. The first kappa shape index (κ1) is 35.7. The van der Waals surface area contributed by atoms with Crippen molar-refractivity contribution >= 4 is 87.2 Å². The van der Waals surface area contributed by atoms with Crippen molar-refractivity contribution in [2.75, 3.05) is 0 Å². The molecular weight excluding hydrogens is 797 g/mol. The minimum Gasteiger partial charge on any atom is -0.456 e. The second kappa shape index (κ2) is 13.8. The monoisotopic (exact) mass is 830 g/mol. The highest BCUT2D eigenvalue weighted by atomic mass is 16.3. The number of para-hydroxylation sites is 3. The maximum atomic E-state index is 6.69. The largest absolute Gasteiger partial charge is 0.456 e. The first-order chi connectivity index (χ1) is 32.2. The highest BCUT2D eigenvalue weighted by Crippen LogP contribution is 2.47. The summed E-state index contributed by atoms with van der Waals surface area (Å²) in [6.45, 7) is 0. The van der Waals surface area contributed by atoms with Gasteiger partial charge in [0.15, 0.2) is 17.5 Å². The molecule has 0 unspecified atom stereocenters. The lowest BCUT2D eigenvalue weighted by Gasteiger charge is -2.18. The Bertz CT molecular complexity index is 4250. The number of benzene rings is 10. The van der Waals surface area contributed by atoms with E-state index in [9.17, 15) is 0 Å². The lowest BCUT2D eigenvalue weighted by Crippen LogP contribution is -2.02. The van der Waals surface area contributed by atoms with Crippen molar-refractivity contribution in [2.45, 2.75) is 0 Å². The number of fused-ring (bicyclic) bond motifs is 11. The first-order valence-corrected chi connectivity index (χ1v) is 21.8. The number of aromatic nitrogens is 4. The van der Waals surface area contributed by atoms with Crippen LogP contribution in [0.2, 0.25) is 0 Å². The zero-order valence-electron chi connectivity index (χ0n) is 34.7. The van der Waals surface area contributed by atoms with Crippen molar-refractivity contribution in [2.24, 2.45) is 0 Å². The van der Waals surface area contributed by atoms with E-state index in [0.29, 0.717) is 17.5 Å². The van der Waals surface area contributed by atoms with Crippen molar-refractivity contribution in [3.63, 3.8) is 0 Å². The molecule has 10 aromatic carbocycles. The summed E-state index contributed by atoms with van der Waals surface area (Å²) in [4.78, 5) is 16.1. The lowest BCUT2D eigenvalue weighted by molar-refractivity contribution is 0.669. The molecule has 6 heteroatoms. The second-order valence-electron chi connectivity index (χ2n) is 16.7. The Morgan fingerprint density at radius 2 is 0.923 bits per heavy atom. The molecule has 0 atom stereocenters. The average molecular weight is 831 g/mol. The maximum absolute atomic E-state index is 6.69. The molecular formula is C59H34N4O2. The molecule has 65 heavy (non-hydrogen) atoms. The Labute approximate surface area is 371 Å². The van der Waals surface area contributed by atoms with Gasteiger partial charge in [-0.2, -0.15) is 0 Å². The van der Waals surface area contributed by atoms with Crippen LogP contribution in [0.3, 0.4) is 0 Å². The van der Waals surface area contributed by atoms with E-state index in [4.69, 9.17) is 23.8 Å². The van der Waals surface area contributed by atoms with Gasteiger partial charge in [-0.3, -0.25) is 0 Å². The molecule has 0 aliphatic heterocycles. The van der Waals surface area contributed by atoms with Gasteiger partial charge in [-0.05, 0) is 87.8 Å². The van der Waals surface area contributed by atoms with E-state index in [1.54, 1.807) is 0 Å². The van der Waals surface area contributed by atoms with Gasteiger partial charge in [0.1, 0.15) is 22.3 Å². The number of nitrogens with zero attached hydrogens (tertiary/aromatic N) is 4. The summed E-state index contributed by atoms with van der Waals surface area (Å²) in [6.07, 6.45) is 0. The van der Waals surface area contributed by atoms with E-state index in [-0.39, 0.29) is 0 Å². The van der Waals surface area contributed by atoms with Crippen LogP contribution in [0.1, 0.15) is 0 Å². The molecule has 0 spiro atoms. The van der Waals surface area contributed by atoms with E-state index in [2.05, 4.69) is 150 Å². The van der Waals surface area contributed by atoms with E-state index >= 15 is 0 Å². The van der Waals surface area contributed by atoms with E-state index in [1.165, 1.54) is 21.5 Å². The molecule has 0 saturated carbocycles. The number of rotatable bonds is 5. The quantitative estimate of drug-likeness (QED) is 0.173. The maximum Gasteiger partial charge on any atom is 0.164 e. The molecule has 0 saturated heterocycles. The molecule has 4 aromatic heterocycles. The molecule has 0 aliphatic carbocycles. The highest BCUT2D eigenvalue weighted by molar-refractivity contribution is 6.22. The molecule has 0 fully saturated rings. The fourth-order valence-electron chi connectivity index (χ4n) is 10.1. The predicted octanol–water partition coefficient (Wildman–Crippen LogP) is 15.7. The molecule has 6 nitrogen and oxygen atoms in total. The first-order valence-electron chi connectivity index (χ1n) is 21.8. The van der Waals surface area contributed by atoms with Gasteiger partial charge in [0.05, 0.1) is 11.0 Å². The molecule has 14 rings (SSSR count). The van der Waals surface area contributed by atoms with Gasteiger partial charge in [-0.15, -0.1) is 0 Å². The number of furan rings is 2. The molecule has 4 heterocycles. The topological polar surface area (TPSA) is 69.9 Å². The van der Waals surface area contributed by atoms with Crippen LogP contribution in [-0.2, 0) is 0 Å². The molecule has 0 radical (unpaired) electrons. The van der Waals surface area contributed by atoms with Gasteiger partial charge < -0.3 is 13.4 Å². The number of hydrogen-bond donors (Lipinski definition) is 0. The van der Waals surface area contributed by atoms with Gasteiger partial charge in [-0.1, -0.05) is 146 Å². The van der Waals surface area contributed by atoms with Crippen molar-refractivity contribution in [1.82, 2.24) is 19.5 Å². The molecule has 14 aromatic rings. The number of hydrogen-bond acceptors (Lipinski definition) is 5. The van der Waals surface area contributed by atoms with Crippen molar-refractivity contribution in [3.05, 3.63) is 206 Å². The van der Waals surface area contributed by atoms with Crippen LogP contribution < -0.4 is 0 Å². The average Bonchev–Trinajstić information content (AvgIpc) is 4.04. The van der Waals surface area contributed by atoms with Crippen LogP contribution >= 0.6 is 0 Å². The third-order valence-electron chi connectivity index (χ3n) is 13.0. The summed E-state index contributed by atoms with van der Waals surface area (Å²) in [5.74, 6) is 1.70. The SMILES string of the molecule is c1ccc(-c2nc(-c3ccc(-n4c5ccccc5c5cc6ccccc6cc54)cc3-c3c4ccccc4cc4oc5ccccc5c34)nc(-c3cccc4oc5ccccc5c34)n2)cc1. The van der Waals surface area contributed by atoms with Crippen molar-refractivity contribution in [1.29, 1.82) is 0 Å². The Kier molecular flexibility index (Phi) is 7.59. The zero-order valence-corrected chi connectivity index (χ0v) is 34.7. The summed E-state index contributed by atoms with van der Waals surface area (Å²) in [6, 6.07) is 72.2. The fourth-order valence-corrected chi connectivity index (χ4v) is 10.1. The minimum atomic E-state index is 0.558. The van der Waals surface area contributed by atoms with Crippen molar-refractivity contribution < 1.29 is 8.83 Å². The summed E-state index contributed by atoms with van der Waals surface area (Å²) in [5, 5.41) is 11.0. The fraction of sp³-hybridized carbons (Fsp3) is 0. The molecule has 0 amide bonds. The zero-order chi connectivity index (χ0) is 42.6. The van der Waals surface area contributed by atoms with Gasteiger partial charge in [0.2, 0.25) is 0 Å². The van der Waals surface area contributed by atoms with Crippen LogP contribution in [0.5, 0.6) is 0 Å². The van der Waals surface area contributed by atoms with Crippen LogP contribution in [0.25, 0.3) is 138 Å². The Balaban J connectivity index is 1.12. The van der Waals surface area contributed by atoms with Crippen LogP contribution in [0.15, 0.2) is 215 Å². The van der Waals surface area contributed by atoms with Gasteiger partial charge in [0.25, 0.3) is 0 Å². The minimum absolute atomic E-state index is 0.558. The van der Waals surface area contributed by atoms with E-state index in [1.807, 2.05) is 60.7 Å². The van der Waals surface area contributed by atoms with Gasteiger partial charge in [-0.25, -0.2) is 15.0 Å². The summed E-state index contributed by atoms with van der Waals surface area (Å²) >= 11 is 0. The van der Waals surface area contributed by atoms with E-state index in [0.717, 1.165) is 99.2 Å². The van der Waals surface area contributed by atoms with Crippen LogP contribution in [0.4, 0.5) is 0 Å². The second-order valence-corrected chi connectivity index (χ2v) is 16.7. The molecule has 302 valence electrons. The molecule has 0 bridgehead atoms. The summed E-state index contributed by atoms with van der Waals surface area (Å²) in [7, 11) is 0. The smallest absolute Gasteiger partial charge is 0.164 e.